The van der Waals surface area contributed by atoms with Crippen LogP contribution in [0.2, 0.25) is 0 Å². The number of para-hydroxylation sites is 2. The highest BCUT2D eigenvalue weighted by Crippen LogP contribution is 2.22. The van der Waals surface area contributed by atoms with Crippen molar-refractivity contribution in [3.63, 3.8) is 0 Å². The van der Waals surface area contributed by atoms with E-state index in [4.69, 9.17) is 9.47 Å². The number of benzene rings is 3. The van der Waals surface area contributed by atoms with Crippen molar-refractivity contribution in [3.8, 4) is 17.2 Å². The lowest BCUT2D eigenvalue weighted by Crippen LogP contribution is -2.33. The molecule has 2 amide bonds. The van der Waals surface area contributed by atoms with Gasteiger partial charge in [-0.1, -0.05) is 30.3 Å². The number of amides is 2. The Kier molecular flexibility index (Phi) is 6.25. The normalized spacial score (nSPS) is 10.0. The summed E-state index contributed by atoms with van der Waals surface area (Å²) in [7, 11) is 1.49. The molecule has 142 valence electrons. The van der Waals surface area contributed by atoms with Crippen LogP contribution in [0.4, 0.5) is 5.69 Å². The Morgan fingerprint density at radius 3 is 2.18 bits per heavy atom. The minimum Gasteiger partial charge on any atom is -0.496 e. The van der Waals surface area contributed by atoms with Gasteiger partial charge in [-0.3, -0.25) is 9.59 Å². The summed E-state index contributed by atoms with van der Waals surface area (Å²) in [4.78, 5) is 24.3. The number of nitrogens with one attached hydrogen (secondary N) is 2. The number of hydrogen-bond donors (Lipinski definition) is 2. The third kappa shape index (κ3) is 5.11. The van der Waals surface area contributed by atoms with Crippen LogP contribution in [0.3, 0.4) is 0 Å². The maximum atomic E-state index is 12.2. The minimum absolute atomic E-state index is 0.154. The molecule has 0 unspecified atom stereocenters. The quantitative estimate of drug-likeness (QED) is 0.657. The summed E-state index contributed by atoms with van der Waals surface area (Å²) in [6.07, 6.45) is 0. The summed E-state index contributed by atoms with van der Waals surface area (Å²) in [6.45, 7) is -0.154. The molecule has 0 aliphatic rings. The van der Waals surface area contributed by atoms with Gasteiger partial charge in [0.25, 0.3) is 5.91 Å². The molecule has 0 radical (unpaired) electrons. The second-order valence-electron chi connectivity index (χ2n) is 5.87. The topological polar surface area (TPSA) is 76.7 Å². The van der Waals surface area contributed by atoms with Crippen LogP contribution in [0.1, 0.15) is 10.4 Å². The van der Waals surface area contributed by atoms with E-state index in [0.717, 1.165) is 5.75 Å². The molecule has 0 bridgehead atoms. The first-order valence-corrected chi connectivity index (χ1v) is 8.70. The van der Waals surface area contributed by atoms with E-state index in [-0.39, 0.29) is 18.4 Å². The van der Waals surface area contributed by atoms with Crippen LogP contribution in [0, 0.1) is 0 Å². The van der Waals surface area contributed by atoms with Gasteiger partial charge in [0.15, 0.2) is 0 Å². The fraction of sp³-hybridized carbons (Fsp3) is 0.0909. The van der Waals surface area contributed by atoms with E-state index >= 15 is 0 Å². The van der Waals surface area contributed by atoms with Gasteiger partial charge in [0.05, 0.1) is 19.2 Å². The third-order valence-corrected chi connectivity index (χ3v) is 3.88. The standard InChI is InChI=1S/C22H20N2O4/c1-27-20-10-6-5-9-19(20)22(26)23-15-21(25)24-16-11-13-18(14-12-16)28-17-7-3-2-4-8-17/h2-14H,15H2,1H3,(H,23,26)(H,24,25). The van der Waals surface area contributed by atoms with Crippen LogP contribution in [0.15, 0.2) is 78.9 Å². The van der Waals surface area contributed by atoms with E-state index in [1.165, 1.54) is 7.11 Å². The monoisotopic (exact) mass is 376 g/mol. The molecule has 6 heteroatoms. The Bertz CT molecular complexity index is 940. The molecule has 28 heavy (non-hydrogen) atoms. The van der Waals surface area contributed by atoms with E-state index < -0.39 is 0 Å². The average molecular weight is 376 g/mol. The zero-order valence-electron chi connectivity index (χ0n) is 15.3. The molecule has 0 saturated heterocycles. The van der Waals surface area contributed by atoms with Gasteiger partial charge in [-0.25, -0.2) is 0 Å². The predicted molar refractivity (Wildman–Crippen MR) is 107 cm³/mol. The van der Waals surface area contributed by atoms with Crippen LogP contribution in [-0.4, -0.2) is 25.5 Å². The zero-order chi connectivity index (χ0) is 19.8. The SMILES string of the molecule is COc1ccccc1C(=O)NCC(=O)Nc1ccc(Oc2ccccc2)cc1. The average Bonchev–Trinajstić information content (AvgIpc) is 2.74. The molecule has 2 N–H and O–H groups in total. The fourth-order valence-electron chi connectivity index (χ4n) is 2.52. The van der Waals surface area contributed by atoms with Crippen LogP contribution in [0.5, 0.6) is 17.2 Å². The lowest BCUT2D eigenvalue weighted by molar-refractivity contribution is -0.115. The van der Waals surface area contributed by atoms with Crippen molar-refractivity contribution < 1.29 is 19.1 Å². The predicted octanol–water partition coefficient (Wildman–Crippen LogP) is 3.86. The molecule has 0 saturated carbocycles. The van der Waals surface area contributed by atoms with Crippen LogP contribution >= 0.6 is 0 Å². The Morgan fingerprint density at radius 1 is 0.821 bits per heavy atom. The molecular formula is C22H20N2O4. The Balaban J connectivity index is 1.51. The molecule has 0 aliphatic heterocycles. The van der Waals surface area contributed by atoms with E-state index in [1.807, 2.05) is 30.3 Å². The van der Waals surface area contributed by atoms with Crippen molar-refractivity contribution in [3.05, 3.63) is 84.4 Å². The maximum absolute atomic E-state index is 12.2. The molecule has 0 fully saturated rings. The summed E-state index contributed by atoms with van der Waals surface area (Å²) >= 11 is 0. The van der Waals surface area contributed by atoms with Crippen molar-refractivity contribution in [2.45, 2.75) is 0 Å². The van der Waals surface area contributed by atoms with Gasteiger partial charge in [0.1, 0.15) is 17.2 Å². The van der Waals surface area contributed by atoms with Crippen molar-refractivity contribution >= 4 is 17.5 Å². The van der Waals surface area contributed by atoms with E-state index in [1.54, 1.807) is 48.5 Å². The number of anilines is 1. The van der Waals surface area contributed by atoms with E-state index in [9.17, 15) is 9.59 Å². The van der Waals surface area contributed by atoms with Crippen LogP contribution in [0.25, 0.3) is 0 Å². The lowest BCUT2D eigenvalue weighted by atomic mass is 10.2. The smallest absolute Gasteiger partial charge is 0.255 e. The minimum atomic E-state index is -0.376. The van der Waals surface area contributed by atoms with E-state index in [2.05, 4.69) is 10.6 Å². The Hall–Kier alpha value is -3.80. The molecule has 0 atom stereocenters. The van der Waals surface area contributed by atoms with Gasteiger partial charge in [-0.05, 0) is 48.5 Å². The Labute approximate surface area is 163 Å². The number of carbonyl (C=O) groups excluding carboxylic acids is 2. The van der Waals surface area contributed by atoms with Gasteiger partial charge in [0, 0.05) is 5.69 Å². The highest BCUT2D eigenvalue weighted by atomic mass is 16.5. The van der Waals surface area contributed by atoms with Crippen molar-refractivity contribution in [1.29, 1.82) is 0 Å². The largest absolute Gasteiger partial charge is 0.496 e. The number of hydrogen-bond acceptors (Lipinski definition) is 4. The fourth-order valence-corrected chi connectivity index (χ4v) is 2.52. The maximum Gasteiger partial charge on any atom is 0.255 e. The van der Waals surface area contributed by atoms with Gasteiger partial charge in [0.2, 0.25) is 5.91 Å². The molecule has 3 rings (SSSR count). The van der Waals surface area contributed by atoms with Gasteiger partial charge >= 0.3 is 0 Å². The summed E-state index contributed by atoms with van der Waals surface area (Å²) in [5, 5.41) is 5.31. The molecule has 6 nitrogen and oxygen atoms in total. The van der Waals surface area contributed by atoms with Crippen LogP contribution < -0.4 is 20.1 Å². The highest BCUT2D eigenvalue weighted by molar-refractivity contribution is 6.00. The molecule has 3 aromatic carbocycles. The van der Waals surface area contributed by atoms with Gasteiger partial charge in [-0.15, -0.1) is 0 Å². The van der Waals surface area contributed by atoms with Gasteiger partial charge < -0.3 is 20.1 Å². The summed E-state index contributed by atoms with van der Waals surface area (Å²) < 4.78 is 10.9. The molecule has 0 aliphatic carbocycles. The third-order valence-electron chi connectivity index (χ3n) is 3.88. The molecule has 0 spiro atoms. The summed E-state index contributed by atoms with van der Waals surface area (Å²) in [5.74, 6) is 1.14. The van der Waals surface area contributed by atoms with Crippen molar-refractivity contribution in [2.75, 3.05) is 19.0 Å². The second-order valence-corrected chi connectivity index (χ2v) is 5.87. The first kappa shape index (κ1) is 19.0. The van der Waals surface area contributed by atoms with Crippen molar-refractivity contribution in [1.82, 2.24) is 5.32 Å². The van der Waals surface area contributed by atoms with Gasteiger partial charge in [-0.2, -0.15) is 0 Å². The number of carbonyl (C=O) groups is 2. The highest BCUT2D eigenvalue weighted by Gasteiger charge is 2.12. The lowest BCUT2D eigenvalue weighted by Gasteiger charge is -2.10. The van der Waals surface area contributed by atoms with Crippen molar-refractivity contribution in [2.24, 2.45) is 0 Å². The van der Waals surface area contributed by atoms with E-state index in [0.29, 0.717) is 22.7 Å². The molecule has 0 heterocycles. The number of methoxy groups -OCH3 is 1. The summed E-state index contributed by atoms with van der Waals surface area (Å²) in [5.41, 5.74) is 0.983. The number of rotatable bonds is 7. The zero-order valence-corrected chi connectivity index (χ0v) is 15.3. The van der Waals surface area contributed by atoms with Crippen LogP contribution in [-0.2, 0) is 4.79 Å². The summed E-state index contributed by atoms with van der Waals surface area (Å²) in [6, 6.07) is 23.2. The first-order valence-electron chi connectivity index (χ1n) is 8.70. The Morgan fingerprint density at radius 2 is 1.46 bits per heavy atom. The molecular weight excluding hydrogens is 356 g/mol. The molecule has 3 aromatic rings. The number of ether oxygens (including phenoxy) is 2. The first-order chi connectivity index (χ1) is 13.7. The second kappa shape index (κ2) is 9.23. The molecule has 0 aromatic heterocycles.